The summed E-state index contributed by atoms with van der Waals surface area (Å²) in [6.07, 6.45) is -0.563. The highest BCUT2D eigenvalue weighted by molar-refractivity contribution is 5.22. The van der Waals surface area contributed by atoms with Gasteiger partial charge in [-0.3, -0.25) is 0 Å². The van der Waals surface area contributed by atoms with Gasteiger partial charge in [0.15, 0.2) is 0 Å². The van der Waals surface area contributed by atoms with Crippen LogP contribution >= 0.6 is 0 Å². The smallest absolute Gasteiger partial charge is 0.123 e. The highest BCUT2D eigenvalue weighted by Gasteiger charge is 2.05. The number of rotatable bonds is 6. The Hall–Kier alpha value is -1.13. The van der Waals surface area contributed by atoms with Gasteiger partial charge in [-0.15, -0.1) is 0 Å². The second kappa shape index (κ2) is 6.45. The van der Waals surface area contributed by atoms with Gasteiger partial charge in [0.2, 0.25) is 0 Å². The molecule has 0 heterocycles. The summed E-state index contributed by atoms with van der Waals surface area (Å²) in [5.74, 6) is 0.263. The minimum Gasteiger partial charge on any atom is -0.491 e. The van der Waals surface area contributed by atoms with Crippen molar-refractivity contribution >= 4 is 0 Å². The first kappa shape index (κ1) is 12.9. The molecule has 0 aliphatic carbocycles. The van der Waals surface area contributed by atoms with E-state index >= 15 is 0 Å². The van der Waals surface area contributed by atoms with E-state index in [1.165, 1.54) is 24.3 Å². The zero-order chi connectivity index (χ0) is 12.0. The van der Waals surface area contributed by atoms with Crippen LogP contribution in [0.2, 0.25) is 0 Å². The number of nitrogens with one attached hydrogen (secondary N) is 1. The molecule has 0 fully saturated rings. The van der Waals surface area contributed by atoms with Crippen molar-refractivity contribution in [3.05, 3.63) is 30.1 Å². The van der Waals surface area contributed by atoms with Gasteiger partial charge in [-0.05, 0) is 24.3 Å². The fourth-order valence-corrected chi connectivity index (χ4v) is 1.15. The molecule has 0 spiro atoms. The Morgan fingerprint density at radius 3 is 2.50 bits per heavy atom. The monoisotopic (exact) mass is 227 g/mol. The molecule has 2 N–H and O–H groups in total. The molecular formula is C12H18FNO2. The molecular weight excluding hydrogens is 209 g/mol. The molecule has 0 aromatic heterocycles. The van der Waals surface area contributed by atoms with Crippen LogP contribution in [-0.4, -0.2) is 30.4 Å². The molecule has 0 saturated heterocycles. The Labute approximate surface area is 95.2 Å². The number of aliphatic hydroxyl groups excluding tert-OH is 1. The largest absolute Gasteiger partial charge is 0.491 e. The molecule has 4 heteroatoms. The topological polar surface area (TPSA) is 41.5 Å². The Bertz CT molecular complexity index is 300. The van der Waals surface area contributed by atoms with Crippen molar-refractivity contribution in [3.63, 3.8) is 0 Å². The first-order chi connectivity index (χ1) is 7.58. The highest BCUT2D eigenvalue weighted by Crippen LogP contribution is 2.11. The molecule has 1 unspecified atom stereocenters. The average molecular weight is 227 g/mol. The van der Waals surface area contributed by atoms with Gasteiger partial charge >= 0.3 is 0 Å². The van der Waals surface area contributed by atoms with Crippen LogP contribution in [0.5, 0.6) is 5.75 Å². The summed E-state index contributed by atoms with van der Waals surface area (Å²) < 4.78 is 17.9. The van der Waals surface area contributed by atoms with Gasteiger partial charge in [-0.1, -0.05) is 13.8 Å². The lowest BCUT2D eigenvalue weighted by Gasteiger charge is -2.14. The third-order valence-corrected chi connectivity index (χ3v) is 2.02. The summed E-state index contributed by atoms with van der Waals surface area (Å²) >= 11 is 0. The first-order valence-electron chi connectivity index (χ1n) is 5.37. The van der Waals surface area contributed by atoms with E-state index < -0.39 is 6.10 Å². The maximum Gasteiger partial charge on any atom is 0.123 e. The second-order valence-electron chi connectivity index (χ2n) is 3.98. The van der Waals surface area contributed by atoms with E-state index in [0.717, 1.165) is 0 Å². The summed E-state index contributed by atoms with van der Waals surface area (Å²) in [6.45, 7) is 4.70. The molecule has 3 nitrogen and oxygen atoms in total. The maximum atomic E-state index is 12.6. The molecule has 1 aromatic rings. The molecule has 1 rings (SSSR count). The molecule has 0 saturated carbocycles. The van der Waals surface area contributed by atoms with Crippen LogP contribution in [0.15, 0.2) is 24.3 Å². The lowest BCUT2D eigenvalue weighted by atomic mass is 10.3. The fraction of sp³-hybridized carbons (Fsp3) is 0.500. The van der Waals surface area contributed by atoms with Crippen LogP contribution in [0, 0.1) is 5.82 Å². The minimum atomic E-state index is -0.563. The fourth-order valence-electron chi connectivity index (χ4n) is 1.15. The van der Waals surface area contributed by atoms with E-state index in [1.54, 1.807) is 0 Å². The van der Waals surface area contributed by atoms with E-state index in [1.807, 2.05) is 13.8 Å². The van der Waals surface area contributed by atoms with E-state index in [9.17, 15) is 9.50 Å². The Morgan fingerprint density at radius 1 is 1.31 bits per heavy atom. The number of hydrogen-bond donors (Lipinski definition) is 2. The molecule has 0 aliphatic heterocycles. The summed E-state index contributed by atoms with van der Waals surface area (Å²) in [6, 6.07) is 6.07. The number of aliphatic hydroxyl groups is 1. The molecule has 0 aliphatic rings. The van der Waals surface area contributed by atoms with Crippen molar-refractivity contribution in [2.24, 2.45) is 0 Å². The van der Waals surface area contributed by atoms with Crippen molar-refractivity contribution in [2.45, 2.75) is 26.0 Å². The zero-order valence-corrected chi connectivity index (χ0v) is 9.61. The van der Waals surface area contributed by atoms with Crippen LogP contribution in [-0.2, 0) is 0 Å². The van der Waals surface area contributed by atoms with Crippen LogP contribution < -0.4 is 10.1 Å². The van der Waals surface area contributed by atoms with Crippen LogP contribution in [0.4, 0.5) is 4.39 Å². The SMILES string of the molecule is CC(C)NCC(O)COc1ccc(F)cc1. The van der Waals surface area contributed by atoms with Gasteiger partial charge in [0.25, 0.3) is 0 Å². The Balaban J connectivity index is 2.26. The van der Waals surface area contributed by atoms with Gasteiger partial charge in [0.05, 0.1) is 0 Å². The van der Waals surface area contributed by atoms with Crippen molar-refractivity contribution in [2.75, 3.05) is 13.2 Å². The number of ether oxygens (including phenoxy) is 1. The van der Waals surface area contributed by atoms with Crippen molar-refractivity contribution in [3.8, 4) is 5.75 Å². The molecule has 90 valence electrons. The van der Waals surface area contributed by atoms with E-state index in [4.69, 9.17) is 4.74 Å². The summed E-state index contributed by atoms with van der Waals surface area (Å²) in [5, 5.41) is 12.7. The quantitative estimate of drug-likeness (QED) is 0.775. The molecule has 0 amide bonds. The Kier molecular flexibility index (Phi) is 5.22. The van der Waals surface area contributed by atoms with Crippen LogP contribution in [0.3, 0.4) is 0 Å². The standard InChI is InChI=1S/C12H18FNO2/c1-9(2)14-7-11(15)8-16-12-5-3-10(13)4-6-12/h3-6,9,11,14-15H,7-8H2,1-2H3. The lowest BCUT2D eigenvalue weighted by molar-refractivity contribution is 0.104. The predicted molar refractivity (Wildman–Crippen MR) is 61.0 cm³/mol. The van der Waals surface area contributed by atoms with Gasteiger partial charge < -0.3 is 15.2 Å². The predicted octanol–water partition coefficient (Wildman–Crippen LogP) is 1.56. The molecule has 1 aromatic carbocycles. The molecule has 1 atom stereocenters. The number of halogens is 1. The van der Waals surface area contributed by atoms with Gasteiger partial charge in [0.1, 0.15) is 24.3 Å². The van der Waals surface area contributed by atoms with Crippen LogP contribution in [0.25, 0.3) is 0 Å². The first-order valence-corrected chi connectivity index (χ1v) is 5.37. The minimum absolute atomic E-state index is 0.200. The van der Waals surface area contributed by atoms with Crippen molar-refractivity contribution in [1.29, 1.82) is 0 Å². The lowest BCUT2D eigenvalue weighted by Crippen LogP contribution is -2.35. The van der Waals surface area contributed by atoms with Gasteiger partial charge in [-0.2, -0.15) is 0 Å². The molecule has 16 heavy (non-hydrogen) atoms. The summed E-state index contributed by atoms with van der Waals surface area (Å²) in [7, 11) is 0. The number of hydrogen-bond acceptors (Lipinski definition) is 3. The summed E-state index contributed by atoms with van der Waals surface area (Å²) in [5.41, 5.74) is 0. The Morgan fingerprint density at radius 2 is 1.94 bits per heavy atom. The normalized spacial score (nSPS) is 12.8. The van der Waals surface area contributed by atoms with Crippen molar-refractivity contribution < 1.29 is 14.2 Å². The molecule has 0 bridgehead atoms. The van der Waals surface area contributed by atoms with Crippen molar-refractivity contribution in [1.82, 2.24) is 5.32 Å². The molecule has 0 radical (unpaired) electrons. The van der Waals surface area contributed by atoms with E-state index in [2.05, 4.69) is 5.32 Å². The third-order valence-electron chi connectivity index (χ3n) is 2.02. The highest BCUT2D eigenvalue weighted by atomic mass is 19.1. The van der Waals surface area contributed by atoms with E-state index in [-0.39, 0.29) is 12.4 Å². The van der Waals surface area contributed by atoms with E-state index in [0.29, 0.717) is 18.3 Å². The average Bonchev–Trinajstić information content (AvgIpc) is 2.25. The third kappa shape index (κ3) is 5.09. The van der Waals surface area contributed by atoms with Gasteiger partial charge in [-0.25, -0.2) is 4.39 Å². The second-order valence-corrected chi connectivity index (χ2v) is 3.98. The number of benzene rings is 1. The summed E-state index contributed by atoms with van der Waals surface area (Å²) in [4.78, 5) is 0. The maximum absolute atomic E-state index is 12.6. The van der Waals surface area contributed by atoms with Crippen LogP contribution in [0.1, 0.15) is 13.8 Å². The van der Waals surface area contributed by atoms with Gasteiger partial charge in [0, 0.05) is 12.6 Å². The zero-order valence-electron chi connectivity index (χ0n) is 9.61.